The lowest BCUT2D eigenvalue weighted by Gasteiger charge is -2.14. The van der Waals surface area contributed by atoms with Gasteiger partial charge in [-0.15, -0.1) is 11.3 Å². The van der Waals surface area contributed by atoms with Gasteiger partial charge in [0.05, 0.1) is 12.2 Å². The van der Waals surface area contributed by atoms with Crippen LogP contribution in [0.5, 0.6) is 5.75 Å². The number of hydrogen-bond donors (Lipinski definition) is 1. The number of rotatable bonds is 7. The molecule has 7 heteroatoms. The predicted molar refractivity (Wildman–Crippen MR) is 84.0 cm³/mol. The fraction of sp³-hybridized carbons (Fsp3) is 0.467. The topological polar surface area (TPSA) is 75.8 Å². The van der Waals surface area contributed by atoms with Gasteiger partial charge in [-0.05, 0) is 20.9 Å². The van der Waals surface area contributed by atoms with Gasteiger partial charge in [0.25, 0.3) is 0 Å². The van der Waals surface area contributed by atoms with E-state index in [0.29, 0.717) is 25.5 Å². The highest BCUT2D eigenvalue weighted by Gasteiger charge is 2.12. The van der Waals surface area contributed by atoms with E-state index in [2.05, 4.69) is 4.98 Å². The van der Waals surface area contributed by atoms with Gasteiger partial charge in [0.1, 0.15) is 23.1 Å². The van der Waals surface area contributed by atoms with Crippen LogP contribution in [0.4, 0.5) is 0 Å². The molecule has 2 rings (SSSR count). The molecule has 0 aromatic carbocycles. The lowest BCUT2D eigenvalue weighted by Crippen LogP contribution is -2.18. The van der Waals surface area contributed by atoms with E-state index >= 15 is 0 Å². The van der Waals surface area contributed by atoms with E-state index in [1.807, 2.05) is 31.2 Å². The molecular formula is C15H20N2O4S. The lowest BCUT2D eigenvalue weighted by molar-refractivity contribution is 0.0760. The maximum absolute atomic E-state index is 11.4. The molecule has 0 amide bonds. The summed E-state index contributed by atoms with van der Waals surface area (Å²) in [6.45, 7) is 5.71. The quantitative estimate of drug-likeness (QED) is 0.843. The van der Waals surface area contributed by atoms with E-state index in [4.69, 9.17) is 9.15 Å². The zero-order chi connectivity index (χ0) is 16.1. The Morgan fingerprint density at radius 3 is 2.95 bits per heavy atom. The number of hydrogen-bond acceptors (Lipinski definition) is 7. The van der Waals surface area contributed by atoms with Crippen LogP contribution in [-0.4, -0.2) is 28.6 Å². The second kappa shape index (κ2) is 7.53. The fourth-order valence-electron chi connectivity index (χ4n) is 2.03. The highest BCUT2D eigenvalue weighted by Crippen LogP contribution is 2.21. The van der Waals surface area contributed by atoms with Crippen molar-refractivity contribution in [3.63, 3.8) is 0 Å². The first-order chi connectivity index (χ1) is 10.5. The Labute approximate surface area is 133 Å². The molecule has 0 radical (unpaired) electrons. The van der Waals surface area contributed by atoms with E-state index < -0.39 is 5.43 Å². The Balaban J connectivity index is 1.95. The maximum atomic E-state index is 11.4. The summed E-state index contributed by atoms with van der Waals surface area (Å²) in [6.07, 6.45) is 1.07. The molecule has 6 nitrogen and oxygen atoms in total. The molecule has 2 aromatic heterocycles. The van der Waals surface area contributed by atoms with Crippen molar-refractivity contribution in [3.8, 4) is 5.75 Å². The van der Waals surface area contributed by atoms with Crippen LogP contribution in [0, 0.1) is 0 Å². The summed E-state index contributed by atoms with van der Waals surface area (Å²) in [7, 11) is 1.91. The second-order valence-corrected chi connectivity index (χ2v) is 5.93. The Bertz CT molecular complexity index is 668. The Morgan fingerprint density at radius 1 is 1.50 bits per heavy atom. The van der Waals surface area contributed by atoms with Crippen LogP contribution in [0.25, 0.3) is 0 Å². The van der Waals surface area contributed by atoms with Gasteiger partial charge in [-0.3, -0.25) is 9.69 Å². The summed E-state index contributed by atoms with van der Waals surface area (Å²) >= 11 is 1.58. The van der Waals surface area contributed by atoms with Gasteiger partial charge in [-0.1, -0.05) is 0 Å². The smallest absolute Gasteiger partial charge is 0.226 e. The standard InChI is InChI=1S/C15H20N2O4S/c1-4-20-10(2)15-16-11(9-22-15)6-17(3)7-12-5-13(18)14(19)8-21-12/h5,8-10,19H,4,6-7H2,1-3H3/t10-/m1/s1. The van der Waals surface area contributed by atoms with Crippen molar-refractivity contribution in [2.75, 3.05) is 13.7 Å². The summed E-state index contributed by atoms with van der Waals surface area (Å²) in [5.74, 6) is 0.129. The minimum Gasteiger partial charge on any atom is -0.502 e. The van der Waals surface area contributed by atoms with Crippen molar-refractivity contribution in [2.45, 2.75) is 33.0 Å². The van der Waals surface area contributed by atoms with E-state index in [1.165, 1.54) is 6.07 Å². The SMILES string of the molecule is CCO[C@H](C)c1nc(CN(C)Cc2cc(=O)c(O)co2)cs1. The Hall–Kier alpha value is -1.70. The van der Waals surface area contributed by atoms with Crippen molar-refractivity contribution >= 4 is 11.3 Å². The average molecular weight is 324 g/mol. The van der Waals surface area contributed by atoms with Crippen LogP contribution in [0.2, 0.25) is 0 Å². The molecule has 22 heavy (non-hydrogen) atoms. The Kier molecular flexibility index (Phi) is 5.70. The van der Waals surface area contributed by atoms with E-state index in [9.17, 15) is 9.90 Å². The molecule has 0 saturated carbocycles. The highest BCUT2D eigenvalue weighted by atomic mass is 32.1. The third-order valence-corrected chi connectivity index (χ3v) is 4.11. The van der Waals surface area contributed by atoms with E-state index in [1.54, 1.807) is 11.3 Å². The first-order valence-corrected chi connectivity index (χ1v) is 7.92. The summed E-state index contributed by atoms with van der Waals surface area (Å²) < 4.78 is 10.7. The summed E-state index contributed by atoms with van der Waals surface area (Å²) in [5, 5.41) is 12.1. The lowest BCUT2D eigenvalue weighted by atomic mass is 10.3. The molecule has 1 atom stereocenters. The first-order valence-electron chi connectivity index (χ1n) is 7.04. The molecular weight excluding hydrogens is 304 g/mol. The van der Waals surface area contributed by atoms with Crippen molar-refractivity contribution in [1.29, 1.82) is 0 Å². The van der Waals surface area contributed by atoms with Crippen LogP contribution < -0.4 is 5.43 Å². The zero-order valence-electron chi connectivity index (χ0n) is 12.9. The molecule has 0 aliphatic carbocycles. The highest BCUT2D eigenvalue weighted by molar-refractivity contribution is 7.09. The van der Waals surface area contributed by atoms with Crippen LogP contribution in [0.3, 0.4) is 0 Å². The number of thiazole rings is 1. The van der Waals surface area contributed by atoms with Gasteiger partial charge >= 0.3 is 0 Å². The summed E-state index contributed by atoms with van der Waals surface area (Å²) in [5.41, 5.74) is 0.520. The van der Waals surface area contributed by atoms with Crippen molar-refractivity contribution < 1.29 is 14.3 Å². The van der Waals surface area contributed by atoms with Crippen LogP contribution in [0.15, 0.2) is 26.9 Å². The molecule has 0 aliphatic heterocycles. The molecule has 0 saturated heterocycles. The van der Waals surface area contributed by atoms with Crippen molar-refractivity contribution in [3.05, 3.63) is 44.4 Å². The van der Waals surface area contributed by atoms with Gasteiger partial charge in [-0.2, -0.15) is 0 Å². The molecule has 2 heterocycles. The number of aromatic nitrogens is 1. The minimum atomic E-state index is -0.434. The molecule has 0 fully saturated rings. The number of nitrogens with zero attached hydrogens (tertiary/aromatic N) is 2. The minimum absolute atomic E-state index is 0.00387. The molecule has 0 spiro atoms. The van der Waals surface area contributed by atoms with Crippen molar-refractivity contribution in [1.82, 2.24) is 9.88 Å². The largest absolute Gasteiger partial charge is 0.502 e. The van der Waals surface area contributed by atoms with Crippen molar-refractivity contribution in [2.24, 2.45) is 0 Å². The monoisotopic (exact) mass is 324 g/mol. The first kappa shape index (κ1) is 16.7. The molecule has 120 valence electrons. The normalized spacial score (nSPS) is 12.7. The second-order valence-electron chi connectivity index (χ2n) is 5.04. The van der Waals surface area contributed by atoms with Gasteiger partial charge in [0, 0.05) is 24.6 Å². The third kappa shape index (κ3) is 4.40. The molecule has 0 bridgehead atoms. The molecule has 0 unspecified atom stereocenters. The molecule has 0 aliphatic rings. The van der Waals surface area contributed by atoms with Gasteiger partial charge in [-0.25, -0.2) is 4.98 Å². The number of ether oxygens (including phenoxy) is 1. The van der Waals surface area contributed by atoms with E-state index in [0.717, 1.165) is 17.0 Å². The zero-order valence-corrected chi connectivity index (χ0v) is 13.7. The molecule has 2 aromatic rings. The fourth-order valence-corrected chi connectivity index (χ4v) is 2.84. The maximum Gasteiger partial charge on any atom is 0.226 e. The predicted octanol–water partition coefficient (Wildman–Crippen LogP) is 2.53. The molecule has 1 N–H and O–H groups in total. The van der Waals surface area contributed by atoms with Crippen LogP contribution >= 0.6 is 11.3 Å². The van der Waals surface area contributed by atoms with Gasteiger partial charge < -0.3 is 14.3 Å². The van der Waals surface area contributed by atoms with Gasteiger partial charge in [0.2, 0.25) is 5.43 Å². The van der Waals surface area contributed by atoms with Gasteiger partial charge in [0.15, 0.2) is 5.75 Å². The van der Waals surface area contributed by atoms with Crippen LogP contribution in [-0.2, 0) is 17.8 Å². The Morgan fingerprint density at radius 2 is 2.27 bits per heavy atom. The average Bonchev–Trinajstić information content (AvgIpc) is 2.91. The third-order valence-electron chi connectivity index (χ3n) is 3.06. The summed E-state index contributed by atoms with van der Waals surface area (Å²) in [4.78, 5) is 17.9. The van der Waals surface area contributed by atoms with Crippen LogP contribution in [0.1, 0.15) is 36.4 Å². The summed E-state index contributed by atoms with van der Waals surface area (Å²) in [6, 6.07) is 1.30. The number of aromatic hydroxyl groups is 1. The van der Waals surface area contributed by atoms with E-state index in [-0.39, 0.29) is 11.9 Å².